The van der Waals surface area contributed by atoms with Crippen LogP contribution in [-0.2, 0) is 4.79 Å². The molecule has 0 radical (unpaired) electrons. The summed E-state index contributed by atoms with van der Waals surface area (Å²) in [5.74, 6) is -0.0349. The van der Waals surface area contributed by atoms with Crippen molar-refractivity contribution in [2.75, 3.05) is 6.54 Å². The summed E-state index contributed by atoms with van der Waals surface area (Å²) < 4.78 is 0. The minimum Gasteiger partial charge on any atom is -0.352 e. The van der Waals surface area contributed by atoms with Crippen LogP contribution in [0, 0.1) is 0 Å². The van der Waals surface area contributed by atoms with Crippen molar-refractivity contribution < 1.29 is 4.79 Å². The number of nitrogens with one attached hydrogen (secondary N) is 1. The molecule has 15 heavy (non-hydrogen) atoms. The highest BCUT2D eigenvalue weighted by Gasteiger charge is 1.96. The number of hydrogen-bond acceptors (Lipinski definition) is 1. The van der Waals surface area contributed by atoms with Crippen molar-refractivity contribution >= 4 is 5.91 Å². The fourth-order valence-corrected chi connectivity index (χ4v) is 1.04. The van der Waals surface area contributed by atoms with E-state index < -0.39 is 0 Å². The quantitative estimate of drug-likeness (QED) is 0.687. The number of allylic oxidation sites excluding steroid dienone is 4. The Morgan fingerprint density at radius 3 is 2.27 bits per heavy atom. The van der Waals surface area contributed by atoms with Crippen molar-refractivity contribution in [3.05, 3.63) is 48.1 Å². The fourth-order valence-electron chi connectivity index (χ4n) is 1.04. The largest absolute Gasteiger partial charge is 0.352 e. The zero-order valence-electron chi connectivity index (χ0n) is 9.76. The molecular weight excluding hydrogens is 186 g/mol. The average molecular weight is 205 g/mol. The van der Waals surface area contributed by atoms with Gasteiger partial charge in [0.15, 0.2) is 0 Å². The molecular formula is C13H19NO. The lowest BCUT2D eigenvalue weighted by Gasteiger charge is -2.04. The van der Waals surface area contributed by atoms with Crippen LogP contribution in [0.1, 0.15) is 20.8 Å². The summed E-state index contributed by atoms with van der Waals surface area (Å²) in [5, 5.41) is 2.75. The van der Waals surface area contributed by atoms with Crippen molar-refractivity contribution in [1.29, 1.82) is 0 Å². The van der Waals surface area contributed by atoms with Crippen LogP contribution in [0.5, 0.6) is 0 Å². The van der Waals surface area contributed by atoms with Gasteiger partial charge in [0.25, 0.3) is 0 Å². The van der Waals surface area contributed by atoms with Crippen LogP contribution < -0.4 is 5.32 Å². The van der Waals surface area contributed by atoms with E-state index in [1.165, 1.54) is 6.92 Å². The first-order valence-corrected chi connectivity index (χ1v) is 4.87. The van der Waals surface area contributed by atoms with E-state index in [2.05, 4.69) is 18.5 Å². The molecule has 2 nitrogen and oxygen atoms in total. The van der Waals surface area contributed by atoms with Gasteiger partial charge in [0.1, 0.15) is 0 Å². The summed E-state index contributed by atoms with van der Waals surface area (Å²) in [6.07, 6.45) is 5.71. The van der Waals surface area contributed by atoms with Crippen LogP contribution in [0.15, 0.2) is 48.1 Å². The second-order valence-corrected chi connectivity index (χ2v) is 3.57. The zero-order valence-corrected chi connectivity index (χ0v) is 9.76. The molecule has 1 amide bonds. The highest BCUT2D eigenvalue weighted by atomic mass is 16.1. The maximum atomic E-state index is 10.8. The van der Waals surface area contributed by atoms with E-state index in [-0.39, 0.29) is 5.91 Å². The summed E-state index contributed by atoms with van der Waals surface area (Å²) in [6, 6.07) is 0. The second kappa shape index (κ2) is 6.82. The molecule has 0 atom stereocenters. The predicted octanol–water partition coefficient (Wildman–Crippen LogP) is 2.76. The summed E-state index contributed by atoms with van der Waals surface area (Å²) in [4.78, 5) is 10.8. The number of hydrogen-bond donors (Lipinski definition) is 1. The van der Waals surface area contributed by atoms with E-state index in [9.17, 15) is 4.79 Å². The van der Waals surface area contributed by atoms with E-state index in [1.54, 1.807) is 6.08 Å². The molecule has 0 aliphatic heterocycles. The minimum absolute atomic E-state index is 0.0349. The molecule has 0 bridgehead atoms. The van der Waals surface area contributed by atoms with Gasteiger partial charge in [-0.05, 0) is 19.4 Å². The summed E-state index contributed by atoms with van der Waals surface area (Å²) in [5.41, 5.74) is 3.05. The molecule has 82 valence electrons. The molecule has 0 heterocycles. The maximum absolute atomic E-state index is 10.8. The van der Waals surface area contributed by atoms with Gasteiger partial charge in [-0.25, -0.2) is 0 Å². The molecule has 0 aromatic carbocycles. The Labute approximate surface area is 92.1 Å². The molecule has 0 unspecified atom stereocenters. The van der Waals surface area contributed by atoms with E-state index in [4.69, 9.17) is 0 Å². The molecule has 0 fully saturated rings. The van der Waals surface area contributed by atoms with Gasteiger partial charge in [-0.2, -0.15) is 0 Å². The van der Waals surface area contributed by atoms with Gasteiger partial charge in [0.05, 0.1) is 0 Å². The van der Waals surface area contributed by atoms with Crippen molar-refractivity contribution in [3.63, 3.8) is 0 Å². The summed E-state index contributed by atoms with van der Waals surface area (Å²) in [6.45, 7) is 13.4. The van der Waals surface area contributed by atoms with Crippen LogP contribution >= 0.6 is 0 Å². The van der Waals surface area contributed by atoms with E-state index in [0.717, 1.165) is 16.7 Å². The lowest BCUT2D eigenvalue weighted by atomic mass is 10.1. The molecule has 0 saturated carbocycles. The number of carbonyl (C=O) groups excluding carboxylic acids is 1. The van der Waals surface area contributed by atoms with E-state index in [1.807, 2.05) is 26.0 Å². The van der Waals surface area contributed by atoms with Crippen molar-refractivity contribution in [3.8, 4) is 0 Å². The Kier molecular flexibility index (Phi) is 6.11. The van der Waals surface area contributed by atoms with Gasteiger partial charge in [-0.15, -0.1) is 0 Å². The van der Waals surface area contributed by atoms with Gasteiger partial charge >= 0.3 is 0 Å². The predicted molar refractivity (Wildman–Crippen MR) is 65.5 cm³/mol. The third-order valence-electron chi connectivity index (χ3n) is 1.71. The van der Waals surface area contributed by atoms with Crippen LogP contribution in [-0.4, -0.2) is 12.5 Å². The maximum Gasteiger partial charge on any atom is 0.217 e. The van der Waals surface area contributed by atoms with E-state index in [0.29, 0.717) is 6.54 Å². The van der Waals surface area contributed by atoms with E-state index >= 15 is 0 Å². The first kappa shape index (κ1) is 13.4. The Morgan fingerprint density at radius 1 is 1.27 bits per heavy atom. The van der Waals surface area contributed by atoms with Crippen molar-refractivity contribution in [2.24, 2.45) is 0 Å². The highest BCUT2D eigenvalue weighted by molar-refractivity contribution is 5.73. The monoisotopic (exact) mass is 205 g/mol. The Morgan fingerprint density at radius 2 is 1.87 bits per heavy atom. The molecule has 0 saturated heterocycles. The third-order valence-corrected chi connectivity index (χ3v) is 1.71. The van der Waals surface area contributed by atoms with Crippen molar-refractivity contribution in [2.45, 2.75) is 20.8 Å². The normalized spacial score (nSPS) is 12.2. The summed E-state index contributed by atoms with van der Waals surface area (Å²) in [7, 11) is 0. The van der Waals surface area contributed by atoms with Gasteiger partial charge in [0.2, 0.25) is 5.91 Å². The molecule has 1 N–H and O–H groups in total. The molecule has 0 aliphatic carbocycles. The van der Waals surface area contributed by atoms with Gasteiger partial charge in [0, 0.05) is 13.5 Å². The van der Waals surface area contributed by atoms with Crippen molar-refractivity contribution in [1.82, 2.24) is 5.32 Å². The SMILES string of the molecule is C=C/C(C)=C\C(=C/C(=C)C)CNC(C)=O. The second-order valence-electron chi connectivity index (χ2n) is 3.57. The Balaban J connectivity index is 4.67. The topological polar surface area (TPSA) is 29.1 Å². The third kappa shape index (κ3) is 7.50. The fraction of sp³-hybridized carbons (Fsp3) is 0.308. The molecule has 0 aromatic heterocycles. The molecule has 0 aromatic rings. The van der Waals surface area contributed by atoms with Crippen LogP contribution in [0.3, 0.4) is 0 Å². The first-order chi connectivity index (χ1) is 6.95. The number of rotatable bonds is 5. The van der Waals surface area contributed by atoms with Gasteiger partial charge < -0.3 is 5.32 Å². The molecule has 0 rings (SSSR count). The smallest absolute Gasteiger partial charge is 0.217 e. The van der Waals surface area contributed by atoms with Crippen LogP contribution in [0.2, 0.25) is 0 Å². The Hall–Kier alpha value is -1.57. The standard InChI is InChI=1S/C13H19NO/c1-6-11(4)8-13(7-10(2)3)9-14-12(5)15/h6-8H,1-2,9H2,3-5H3,(H,14,15)/b11-8-,13-7+. The van der Waals surface area contributed by atoms with Crippen LogP contribution in [0.25, 0.3) is 0 Å². The molecule has 2 heteroatoms. The lowest BCUT2D eigenvalue weighted by Crippen LogP contribution is -2.22. The van der Waals surface area contributed by atoms with Gasteiger partial charge in [-0.1, -0.05) is 42.5 Å². The Bertz CT molecular complexity index is 321. The lowest BCUT2D eigenvalue weighted by molar-refractivity contribution is -0.118. The number of amides is 1. The average Bonchev–Trinajstić information content (AvgIpc) is 2.13. The number of carbonyl (C=O) groups is 1. The molecule has 0 aliphatic rings. The highest BCUT2D eigenvalue weighted by Crippen LogP contribution is 2.05. The van der Waals surface area contributed by atoms with Crippen LogP contribution in [0.4, 0.5) is 0 Å². The first-order valence-electron chi connectivity index (χ1n) is 4.87. The summed E-state index contributed by atoms with van der Waals surface area (Å²) >= 11 is 0. The molecule has 0 spiro atoms. The zero-order chi connectivity index (χ0) is 11.8. The van der Waals surface area contributed by atoms with Gasteiger partial charge in [-0.3, -0.25) is 4.79 Å². The minimum atomic E-state index is -0.0349.